The smallest absolute Gasteiger partial charge is 0.418 e. The highest BCUT2D eigenvalue weighted by Gasteiger charge is 2.33. The van der Waals surface area contributed by atoms with Gasteiger partial charge >= 0.3 is 6.18 Å². The maximum absolute atomic E-state index is 13.1. The van der Waals surface area contributed by atoms with Gasteiger partial charge in [-0.1, -0.05) is 12.1 Å². The van der Waals surface area contributed by atoms with Crippen molar-refractivity contribution in [3.8, 4) is 5.75 Å². The fraction of sp³-hybridized carbons (Fsp3) is 0.350. The first-order valence-electron chi connectivity index (χ1n) is 8.57. The second-order valence-corrected chi connectivity index (χ2v) is 6.11. The Bertz CT molecular complexity index is 788. The molecule has 0 heterocycles. The molecule has 0 bridgehead atoms. The molecule has 0 aliphatic heterocycles. The molecule has 27 heavy (non-hydrogen) atoms. The fourth-order valence-electron chi connectivity index (χ4n) is 2.42. The zero-order chi connectivity index (χ0) is 20.0. The number of rotatable bonds is 7. The number of hydrogen-bond acceptors (Lipinski definition) is 3. The third kappa shape index (κ3) is 5.72. The standard InChI is InChI=1S/C20H22F3NO3/c1-4-26-18-10-9-14(11-15(18)12-27-13(2)3)19(25)24-17-8-6-5-7-16(17)20(21,22)23/h5-11,13H,4,12H2,1-3H3,(H,24,25). The Morgan fingerprint density at radius 1 is 1.15 bits per heavy atom. The van der Waals surface area contributed by atoms with E-state index in [-0.39, 0.29) is 24.0 Å². The second kappa shape index (κ2) is 8.90. The number of halogens is 3. The van der Waals surface area contributed by atoms with Crippen LogP contribution in [0.25, 0.3) is 0 Å². The quantitative estimate of drug-likeness (QED) is 0.710. The molecule has 0 aliphatic carbocycles. The Balaban J connectivity index is 2.27. The molecule has 2 rings (SSSR count). The predicted octanol–water partition coefficient (Wildman–Crippen LogP) is 5.28. The highest BCUT2D eigenvalue weighted by Crippen LogP contribution is 2.34. The van der Waals surface area contributed by atoms with Gasteiger partial charge < -0.3 is 14.8 Å². The molecule has 0 saturated carbocycles. The largest absolute Gasteiger partial charge is 0.494 e. The molecule has 1 N–H and O–H groups in total. The highest BCUT2D eigenvalue weighted by atomic mass is 19.4. The monoisotopic (exact) mass is 381 g/mol. The van der Waals surface area contributed by atoms with E-state index in [2.05, 4.69) is 5.32 Å². The number of ether oxygens (including phenoxy) is 2. The predicted molar refractivity (Wildman–Crippen MR) is 96.9 cm³/mol. The van der Waals surface area contributed by atoms with Crippen molar-refractivity contribution < 1.29 is 27.4 Å². The first-order chi connectivity index (χ1) is 12.7. The number of carbonyl (C=O) groups excluding carboxylic acids is 1. The molecule has 0 aliphatic rings. The van der Waals surface area contributed by atoms with Crippen LogP contribution in [0.15, 0.2) is 42.5 Å². The van der Waals surface area contributed by atoms with Crippen LogP contribution in [0.4, 0.5) is 18.9 Å². The summed E-state index contributed by atoms with van der Waals surface area (Å²) in [7, 11) is 0. The van der Waals surface area contributed by atoms with Crippen molar-refractivity contribution in [3.05, 3.63) is 59.2 Å². The maximum Gasteiger partial charge on any atom is 0.418 e. The van der Waals surface area contributed by atoms with Gasteiger partial charge in [-0.05, 0) is 51.1 Å². The third-order valence-corrected chi connectivity index (χ3v) is 3.68. The summed E-state index contributed by atoms with van der Waals surface area (Å²) < 4.78 is 50.4. The molecule has 0 aromatic heterocycles. The van der Waals surface area contributed by atoms with E-state index < -0.39 is 17.6 Å². The lowest BCUT2D eigenvalue weighted by atomic mass is 10.1. The van der Waals surface area contributed by atoms with Gasteiger partial charge in [-0.15, -0.1) is 0 Å². The third-order valence-electron chi connectivity index (χ3n) is 3.68. The van der Waals surface area contributed by atoms with Gasteiger partial charge in [-0.25, -0.2) is 0 Å². The summed E-state index contributed by atoms with van der Waals surface area (Å²) in [6.07, 6.45) is -4.57. The summed E-state index contributed by atoms with van der Waals surface area (Å²) in [4.78, 5) is 12.5. The summed E-state index contributed by atoms with van der Waals surface area (Å²) in [6.45, 7) is 6.27. The molecule has 0 unspecified atom stereocenters. The number of alkyl halides is 3. The molecule has 0 atom stereocenters. The van der Waals surface area contributed by atoms with E-state index in [9.17, 15) is 18.0 Å². The van der Waals surface area contributed by atoms with Crippen LogP contribution in [-0.4, -0.2) is 18.6 Å². The number of amides is 1. The average molecular weight is 381 g/mol. The molecule has 0 spiro atoms. The molecule has 7 heteroatoms. The van der Waals surface area contributed by atoms with Crippen molar-refractivity contribution in [2.45, 2.75) is 39.7 Å². The Labute approximate surface area is 156 Å². The van der Waals surface area contributed by atoms with Crippen LogP contribution in [0.5, 0.6) is 5.75 Å². The van der Waals surface area contributed by atoms with Crippen LogP contribution in [0.1, 0.15) is 42.3 Å². The van der Waals surface area contributed by atoms with Gasteiger partial charge in [0.2, 0.25) is 0 Å². The second-order valence-electron chi connectivity index (χ2n) is 6.11. The Morgan fingerprint density at radius 3 is 2.48 bits per heavy atom. The van der Waals surface area contributed by atoms with E-state index in [0.29, 0.717) is 17.9 Å². The van der Waals surface area contributed by atoms with Crippen molar-refractivity contribution in [2.75, 3.05) is 11.9 Å². The van der Waals surface area contributed by atoms with Crippen LogP contribution in [-0.2, 0) is 17.5 Å². The van der Waals surface area contributed by atoms with Crippen molar-refractivity contribution in [1.29, 1.82) is 0 Å². The number of benzene rings is 2. The summed E-state index contributed by atoms with van der Waals surface area (Å²) in [5.41, 5.74) is -0.309. The van der Waals surface area contributed by atoms with Gasteiger partial charge in [-0.2, -0.15) is 13.2 Å². The van der Waals surface area contributed by atoms with E-state index in [4.69, 9.17) is 9.47 Å². The van der Waals surface area contributed by atoms with E-state index in [1.54, 1.807) is 12.1 Å². The number of hydrogen-bond donors (Lipinski definition) is 1. The van der Waals surface area contributed by atoms with Gasteiger partial charge in [0.05, 0.1) is 30.6 Å². The SMILES string of the molecule is CCOc1ccc(C(=O)Nc2ccccc2C(F)(F)F)cc1COC(C)C. The molecule has 0 radical (unpaired) electrons. The molecule has 0 fully saturated rings. The zero-order valence-corrected chi connectivity index (χ0v) is 15.4. The Kier molecular flexibility index (Phi) is 6.85. The number of carbonyl (C=O) groups is 1. The molecule has 0 saturated heterocycles. The topological polar surface area (TPSA) is 47.6 Å². The van der Waals surface area contributed by atoms with Crippen molar-refractivity contribution in [1.82, 2.24) is 0 Å². The summed E-state index contributed by atoms with van der Waals surface area (Å²) in [6, 6.07) is 9.55. The lowest BCUT2D eigenvalue weighted by molar-refractivity contribution is -0.136. The number of anilines is 1. The van der Waals surface area contributed by atoms with Crippen LogP contribution >= 0.6 is 0 Å². The normalized spacial score (nSPS) is 11.5. The molecule has 2 aromatic rings. The van der Waals surface area contributed by atoms with Gasteiger partial charge in [0, 0.05) is 11.1 Å². The molecule has 146 valence electrons. The summed E-state index contributed by atoms with van der Waals surface area (Å²) >= 11 is 0. The lowest BCUT2D eigenvalue weighted by Crippen LogP contribution is -2.17. The molecule has 4 nitrogen and oxygen atoms in total. The molecular formula is C20H22F3NO3. The van der Waals surface area contributed by atoms with E-state index >= 15 is 0 Å². The van der Waals surface area contributed by atoms with Crippen molar-refractivity contribution in [2.24, 2.45) is 0 Å². The van der Waals surface area contributed by atoms with Gasteiger partial charge in [-0.3, -0.25) is 4.79 Å². The Hall–Kier alpha value is -2.54. The van der Waals surface area contributed by atoms with Crippen LogP contribution in [0.2, 0.25) is 0 Å². The van der Waals surface area contributed by atoms with E-state index in [1.807, 2.05) is 20.8 Å². The molecule has 2 aromatic carbocycles. The zero-order valence-electron chi connectivity index (χ0n) is 15.4. The highest BCUT2D eigenvalue weighted by molar-refractivity contribution is 6.05. The van der Waals surface area contributed by atoms with Crippen LogP contribution < -0.4 is 10.1 Å². The fourth-order valence-corrected chi connectivity index (χ4v) is 2.42. The number of nitrogens with one attached hydrogen (secondary N) is 1. The molecule has 1 amide bonds. The minimum atomic E-state index is -4.56. The van der Waals surface area contributed by atoms with E-state index in [0.717, 1.165) is 6.07 Å². The first-order valence-corrected chi connectivity index (χ1v) is 8.57. The van der Waals surface area contributed by atoms with Crippen molar-refractivity contribution in [3.63, 3.8) is 0 Å². The first kappa shape index (κ1) is 20.8. The van der Waals surface area contributed by atoms with Crippen molar-refractivity contribution >= 4 is 11.6 Å². The number of para-hydroxylation sites is 1. The Morgan fingerprint density at radius 2 is 1.85 bits per heavy atom. The van der Waals surface area contributed by atoms with Crippen LogP contribution in [0.3, 0.4) is 0 Å². The average Bonchev–Trinajstić information content (AvgIpc) is 2.60. The van der Waals surface area contributed by atoms with Gasteiger partial charge in [0.1, 0.15) is 5.75 Å². The van der Waals surface area contributed by atoms with Crippen LogP contribution in [0, 0.1) is 0 Å². The summed E-state index contributed by atoms with van der Waals surface area (Å²) in [5, 5.41) is 2.34. The van der Waals surface area contributed by atoms with Gasteiger partial charge in [0.15, 0.2) is 0 Å². The lowest BCUT2D eigenvalue weighted by Gasteiger charge is -2.15. The summed E-state index contributed by atoms with van der Waals surface area (Å²) in [5.74, 6) is -0.0639. The van der Waals surface area contributed by atoms with Gasteiger partial charge in [0.25, 0.3) is 5.91 Å². The minimum absolute atomic E-state index is 0.0179. The maximum atomic E-state index is 13.1. The minimum Gasteiger partial charge on any atom is -0.494 e. The van der Waals surface area contributed by atoms with E-state index in [1.165, 1.54) is 24.3 Å². The molecular weight excluding hydrogens is 359 g/mol.